The van der Waals surface area contributed by atoms with Crippen LogP contribution in [0, 0.1) is 0 Å². The summed E-state index contributed by atoms with van der Waals surface area (Å²) in [6.45, 7) is 2.25. The Morgan fingerprint density at radius 2 is 1.49 bits per heavy atom. The number of aromatic carboxylic acids is 1. The van der Waals surface area contributed by atoms with E-state index in [1.165, 1.54) is 36.4 Å². The monoisotopic (exact) mass is 532 g/mol. The summed E-state index contributed by atoms with van der Waals surface area (Å²) in [5.74, 6) is -1.07. The van der Waals surface area contributed by atoms with Crippen molar-refractivity contribution in [3.63, 3.8) is 0 Å². The maximum atomic E-state index is 13.4. The lowest BCUT2D eigenvalue weighted by Gasteiger charge is -2.34. The molecule has 0 radical (unpaired) electrons. The Morgan fingerprint density at radius 1 is 0.872 bits per heavy atom. The molecule has 3 aromatic rings. The predicted octanol–water partition coefficient (Wildman–Crippen LogP) is 3.31. The van der Waals surface area contributed by atoms with E-state index in [1.807, 2.05) is 12.1 Å². The van der Waals surface area contributed by atoms with Crippen LogP contribution in [0.5, 0.6) is 11.5 Å². The van der Waals surface area contributed by atoms with Crippen molar-refractivity contribution >= 4 is 23.6 Å². The van der Waals surface area contributed by atoms with Crippen LogP contribution in [0.2, 0.25) is 0 Å². The lowest BCUT2D eigenvalue weighted by Crippen LogP contribution is -2.54. The van der Waals surface area contributed by atoms with Crippen molar-refractivity contribution in [3.05, 3.63) is 89.5 Å². The first-order valence-corrected chi connectivity index (χ1v) is 12.7. The van der Waals surface area contributed by atoms with Crippen LogP contribution in [0.25, 0.3) is 0 Å². The minimum absolute atomic E-state index is 0.0949. The van der Waals surface area contributed by atoms with Crippen LogP contribution >= 0.6 is 0 Å². The van der Waals surface area contributed by atoms with E-state index >= 15 is 0 Å². The normalized spacial score (nSPS) is 16.2. The maximum absolute atomic E-state index is 13.4. The van der Waals surface area contributed by atoms with Gasteiger partial charge in [0.05, 0.1) is 5.56 Å². The van der Waals surface area contributed by atoms with Crippen LogP contribution in [0.1, 0.15) is 34.3 Å². The summed E-state index contributed by atoms with van der Waals surface area (Å²) in [4.78, 5) is 39.5. The number of nitrogens with one attached hydrogen (secondary N) is 3. The number of urea groups is 1. The number of nitrogens with zero attached hydrogens (tertiary/aromatic N) is 1. The van der Waals surface area contributed by atoms with E-state index in [0.717, 1.165) is 30.5 Å². The molecule has 10 heteroatoms. The molecule has 0 bridgehead atoms. The Labute approximate surface area is 226 Å². The Hall–Kier alpha value is -4.57. The van der Waals surface area contributed by atoms with Crippen molar-refractivity contribution in [2.24, 2.45) is 0 Å². The average Bonchev–Trinajstić information content (AvgIpc) is 2.91. The third-order valence-corrected chi connectivity index (χ3v) is 6.58. The van der Waals surface area contributed by atoms with Gasteiger partial charge in [0.1, 0.15) is 17.5 Å². The van der Waals surface area contributed by atoms with Crippen molar-refractivity contribution in [1.82, 2.24) is 15.5 Å². The predicted molar refractivity (Wildman–Crippen MR) is 146 cm³/mol. The molecule has 4 rings (SSSR count). The van der Waals surface area contributed by atoms with Gasteiger partial charge in [-0.1, -0.05) is 24.3 Å². The molecule has 1 unspecified atom stereocenters. The second-order valence-corrected chi connectivity index (χ2v) is 9.65. The first-order valence-electron chi connectivity index (χ1n) is 12.7. The Bertz CT molecular complexity index is 1280. The van der Waals surface area contributed by atoms with E-state index in [1.54, 1.807) is 24.3 Å². The summed E-state index contributed by atoms with van der Waals surface area (Å²) < 4.78 is 0. The third-order valence-electron chi connectivity index (χ3n) is 6.58. The summed E-state index contributed by atoms with van der Waals surface area (Å²) in [7, 11) is 0. The fraction of sp³-hybridized carbons (Fsp3) is 0.276. The molecule has 3 amide bonds. The highest BCUT2D eigenvalue weighted by molar-refractivity contribution is 5.94. The number of carbonyl (C=O) groups is 3. The van der Waals surface area contributed by atoms with Gasteiger partial charge >= 0.3 is 12.0 Å². The molecule has 0 aliphatic carbocycles. The zero-order chi connectivity index (χ0) is 27.8. The fourth-order valence-electron chi connectivity index (χ4n) is 4.58. The van der Waals surface area contributed by atoms with E-state index in [9.17, 15) is 24.6 Å². The van der Waals surface area contributed by atoms with E-state index < -0.39 is 18.0 Å². The van der Waals surface area contributed by atoms with Gasteiger partial charge in [-0.2, -0.15) is 0 Å². The number of hydrogen-bond donors (Lipinski definition) is 6. The second kappa shape index (κ2) is 12.8. The number of carboxylic acids is 1. The van der Waals surface area contributed by atoms with Gasteiger partial charge in [0, 0.05) is 31.2 Å². The summed E-state index contributed by atoms with van der Waals surface area (Å²) in [5, 5.41) is 36.7. The van der Waals surface area contributed by atoms with Gasteiger partial charge in [-0.15, -0.1) is 0 Å². The molecule has 10 nitrogen and oxygen atoms in total. The van der Waals surface area contributed by atoms with E-state index in [4.69, 9.17) is 5.11 Å². The highest BCUT2D eigenvalue weighted by Gasteiger charge is 2.27. The van der Waals surface area contributed by atoms with Gasteiger partial charge in [-0.25, -0.2) is 9.59 Å². The zero-order valence-electron chi connectivity index (χ0n) is 21.3. The van der Waals surface area contributed by atoms with Gasteiger partial charge in [-0.3, -0.25) is 9.69 Å². The molecule has 0 spiro atoms. The standard InChI is InChI=1S/C29H32N4O6/c34-24-11-3-19(4-12-24)16-26(32-29(39)31-22-9-7-21(8-10-22)28(37)38)27(36)30-23-2-1-15-33(18-23)17-20-5-13-25(35)14-6-20/h3-14,23,26,34-35H,1-2,15-18H2,(H,30,36)(H,37,38)(H2,31,32,39)/t23?,26-/m0/s1. The molecule has 1 aliphatic rings. The van der Waals surface area contributed by atoms with Gasteiger partial charge in [0.2, 0.25) is 5.91 Å². The summed E-state index contributed by atoms with van der Waals surface area (Å²) >= 11 is 0. The number of carbonyl (C=O) groups excluding carboxylic acids is 2. The van der Waals surface area contributed by atoms with Gasteiger partial charge in [-0.05, 0) is 79.0 Å². The first kappa shape index (κ1) is 27.5. The number of likely N-dealkylation sites (tertiary alicyclic amines) is 1. The molecule has 1 heterocycles. The molecular weight excluding hydrogens is 500 g/mol. The second-order valence-electron chi connectivity index (χ2n) is 9.65. The van der Waals surface area contributed by atoms with Gasteiger partial charge in [0.25, 0.3) is 0 Å². The lowest BCUT2D eigenvalue weighted by atomic mass is 10.0. The number of anilines is 1. The number of amides is 3. The summed E-state index contributed by atoms with van der Waals surface area (Å²) in [5.41, 5.74) is 2.31. The Morgan fingerprint density at radius 3 is 2.10 bits per heavy atom. The number of phenolic OH excluding ortho intramolecular Hbond substituents is 2. The number of rotatable bonds is 9. The number of piperidine rings is 1. The molecule has 0 aromatic heterocycles. The van der Waals surface area contributed by atoms with Crippen LogP contribution in [-0.4, -0.2) is 63.3 Å². The largest absolute Gasteiger partial charge is 0.508 e. The smallest absolute Gasteiger partial charge is 0.335 e. The van der Waals surface area contributed by atoms with Crippen molar-refractivity contribution < 1.29 is 29.7 Å². The van der Waals surface area contributed by atoms with E-state index in [-0.39, 0.29) is 35.4 Å². The summed E-state index contributed by atoms with van der Waals surface area (Å²) in [6.07, 6.45) is 1.93. The molecule has 204 valence electrons. The Kier molecular flexibility index (Phi) is 9.01. The highest BCUT2D eigenvalue weighted by Crippen LogP contribution is 2.17. The van der Waals surface area contributed by atoms with Crippen molar-refractivity contribution in [2.75, 3.05) is 18.4 Å². The number of phenols is 2. The maximum Gasteiger partial charge on any atom is 0.335 e. The molecule has 1 aliphatic heterocycles. The molecule has 39 heavy (non-hydrogen) atoms. The van der Waals surface area contributed by atoms with Crippen LogP contribution in [0.3, 0.4) is 0 Å². The van der Waals surface area contributed by atoms with Crippen LogP contribution in [0.15, 0.2) is 72.8 Å². The topological polar surface area (TPSA) is 151 Å². The lowest BCUT2D eigenvalue weighted by molar-refractivity contribution is -0.124. The van der Waals surface area contributed by atoms with Gasteiger partial charge < -0.3 is 31.3 Å². The van der Waals surface area contributed by atoms with E-state index in [0.29, 0.717) is 18.8 Å². The average molecular weight is 533 g/mol. The van der Waals surface area contributed by atoms with Crippen molar-refractivity contribution in [2.45, 2.75) is 37.9 Å². The van der Waals surface area contributed by atoms with Crippen LogP contribution in [0.4, 0.5) is 10.5 Å². The minimum Gasteiger partial charge on any atom is -0.508 e. The quantitative estimate of drug-likeness (QED) is 0.247. The Balaban J connectivity index is 1.40. The van der Waals surface area contributed by atoms with Crippen molar-refractivity contribution in [1.29, 1.82) is 0 Å². The zero-order valence-corrected chi connectivity index (χ0v) is 21.3. The fourth-order valence-corrected chi connectivity index (χ4v) is 4.58. The number of hydrogen-bond acceptors (Lipinski definition) is 6. The SMILES string of the molecule is O=C(Nc1ccc(C(=O)O)cc1)N[C@@H](Cc1ccc(O)cc1)C(=O)NC1CCCN(Cc2ccc(O)cc2)C1. The van der Waals surface area contributed by atoms with Crippen LogP contribution < -0.4 is 16.0 Å². The highest BCUT2D eigenvalue weighted by atomic mass is 16.4. The molecule has 2 atom stereocenters. The molecule has 6 N–H and O–H groups in total. The first-order chi connectivity index (χ1) is 18.7. The minimum atomic E-state index is -1.07. The molecular formula is C29H32N4O6. The summed E-state index contributed by atoms with van der Waals surface area (Å²) in [6, 6.07) is 17.6. The third kappa shape index (κ3) is 8.21. The molecule has 3 aromatic carbocycles. The number of benzene rings is 3. The van der Waals surface area contributed by atoms with Crippen LogP contribution in [-0.2, 0) is 17.8 Å². The number of aromatic hydroxyl groups is 2. The molecule has 1 fully saturated rings. The number of carboxylic acid groups (broad SMARTS) is 1. The molecule has 0 saturated carbocycles. The van der Waals surface area contributed by atoms with E-state index in [2.05, 4.69) is 20.9 Å². The van der Waals surface area contributed by atoms with Gasteiger partial charge in [0.15, 0.2) is 0 Å². The van der Waals surface area contributed by atoms with Crippen molar-refractivity contribution in [3.8, 4) is 11.5 Å². The molecule has 1 saturated heterocycles.